The highest BCUT2D eigenvalue weighted by Crippen LogP contribution is 2.17. The highest BCUT2D eigenvalue weighted by atomic mass is 16.2. The van der Waals surface area contributed by atoms with Gasteiger partial charge in [0.15, 0.2) is 5.69 Å². The lowest BCUT2D eigenvalue weighted by atomic mass is 10.0. The zero-order valence-corrected chi connectivity index (χ0v) is 16.0. The second kappa shape index (κ2) is 8.04. The lowest BCUT2D eigenvalue weighted by Gasteiger charge is -2.11. The van der Waals surface area contributed by atoms with E-state index in [9.17, 15) is 14.4 Å². The van der Waals surface area contributed by atoms with Gasteiger partial charge in [-0.3, -0.25) is 14.4 Å². The Morgan fingerprint density at radius 2 is 1.68 bits per heavy atom. The van der Waals surface area contributed by atoms with Gasteiger partial charge in [0.1, 0.15) is 6.54 Å². The second-order valence-corrected chi connectivity index (χ2v) is 6.76. The van der Waals surface area contributed by atoms with Crippen LogP contribution in [0.1, 0.15) is 35.8 Å². The fourth-order valence-corrected chi connectivity index (χ4v) is 2.92. The number of aromatic nitrogens is 2. The van der Waals surface area contributed by atoms with Crippen molar-refractivity contribution in [2.45, 2.75) is 26.3 Å². The minimum Gasteiger partial charge on any atom is -0.354 e. The maximum Gasteiger partial charge on any atom is 0.275 e. The zero-order chi connectivity index (χ0) is 20.3. The van der Waals surface area contributed by atoms with Gasteiger partial charge in [-0.05, 0) is 29.7 Å². The lowest BCUT2D eigenvalue weighted by Crippen LogP contribution is -2.33. The molecule has 7 nitrogen and oxygen atoms in total. The summed E-state index contributed by atoms with van der Waals surface area (Å²) in [6.07, 6.45) is 0. The highest BCUT2D eigenvalue weighted by molar-refractivity contribution is 6.04. The number of hydrogen-bond acceptors (Lipinski definition) is 4. The summed E-state index contributed by atoms with van der Waals surface area (Å²) >= 11 is 0. The predicted molar refractivity (Wildman–Crippen MR) is 109 cm³/mol. The maximum absolute atomic E-state index is 12.7. The monoisotopic (exact) mass is 378 g/mol. The number of fused-ring (bicyclic) bond motifs is 1. The molecule has 0 spiro atoms. The molecule has 0 saturated heterocycles. The molecule has 0 fully saturated rings. The Balaban J connectivity index is 1.89. The number of amides is 2. The van der Waals surface area contributed by atoms with Crippen LogP contribution in [0.4, 0.5) is 5.69 Å². The summed E-state index contributed by atoms with van der Waals surface area (Å²) in [5.74, 6) is -0.423. The third kappa shape index (κ3) is 3.93. The molecule has 1 aromatic heterocycles. The van der Waals surface area contributed by atoms with Gasteiger partial charge in [0.2, 0.25) is 5.91 Å². The molecule has 2 aromatic carbocycles. The Hall–Kier alpha value is -3.48. The van der Waals surface area contributed by atoms with E-state index in [1.54, 1.807) is 24.3 Å². The average Bonchev–Trinajstić information content (AvgIpc) is 2.70. The van der Waals surface area contributed by atoms with Crippen LogP contribution < -0.4 is 16.2 Å². The number of anilines is 1. The van der Waals surface area contributed by atoms with E-state index < -0.39 is 17.4 Å². The van der Waals surface area contributed by atoms with E-state index in [2.05, 4.69) is 29.6 Å². The van der Waals surface area contributed by atoms with Crippen LogP contribution in [-0.4, -0.2) is 28.6 Å². The Kier molecular flexibility index (Phi) is 5.54. The lowest BCUT2D eigenvalue weighted by molar-refractivity contribution is -0.117. The molecular weight excluding hydrogens is 356 g/mol. The number of carbonyl (C=O) groups excluding carboxylic acids is 2. The first-order chi connectivity index (χ1) is 13.4. The van der Waals surface area contributed by atoms with E-state index in [0.29, 0.717) is 22.4 Å². The van der Waals surface area contributed by atoms with Crippen molar-refractivity contribution in [3.63, 3.8) is 0 Å². The summed E-state index contributed by atoms with van der Waals surface area (Å²) in [6, 6.07) is 14.3. The third-order valence-corrected chi connectivity index (χ3v) is 4.46. The summed E-state index contributed by atoms with van der Waals surface area (Å²) in [7, 11) is 1.49. The molecule has 144 valence electrons. The van der Waals surface area contributed by atoms with Gasteiger partial charge < -0.3 is 10.6 Å². The average molecular weight is 378 g/mol. The molecule has 28 heavy (non-hydrogen) atoms. The number of benzene rings is 2. The van der Waals surface area contributed by atoms with E-state index in [0.717, 1.165) is 4.68 Å². The van der Waals surface area contributed by atoms with Crippen molar-refractivity contribution in [3.8, 4) is 0 Å². The van der Waals surface area contributed by atoms with Crippen molar-refractivity contribution in [2.75, 3.05) is 12.4 Å². The first kappa shape index (κ1) is 19.3. The van der Waals surface area contributed by atoms with E-state index in [1.165, 1.54) is 12.6 Å². The topological polar surface area (TPSA) is 93.1 Å². The van der Waals surface area contributed by atoms with Gasteiger partial charge in [0.25, 0.3) is 11.5 Å². The maximum atomic E-state index is 12.7. The van der Waals surface area contributed by atoms with Crippen LogP contribution >= 0.6 is 0 Å². The summed E-state index contributed by atoms with van der Waals surface area (Å²) in [5.41, 5.74) is 1.48. The molecule has 0 bridgehead atoms. The minimum atomic E-state index is -0.423. The second-order valence-electron chi connectivity index (χ2n) is 6.76. The van der Waals surface area contributed by atoms with Crippen molar-refractivity contribution in [1.29, 1.82) is 0 Å². The quantitative estimate of drug-likeness (QED) is 0.713. The van der Waals surface area contributed by atoms with Crippen LogP contribution in [0.2, 0.25) is 0 Å². The van der Waals surface area contributed by atoms with Gasteiger partial charge in [-0.25, -0.2) is 4.68 Å². The van der Waals surface area contributed by atoms with Crippen molar-refractivity contribution in [2.24, 2.45) is 0 Å². The SMILES string of the molecule is CNC(=O)c1nn(CC(=O)Nc2ccc(C(C)C)cc2)c(=O)c2ccccc12. The summed E-state index contributed by atoms with van der Waals surface area (Å²) in [5, 5.41) is 10.2. The molecule has 0 aliphatic rings. The largest absolute Gasteiger partial charge is 0.354 e. The summed E-state index contributed by atoms with van der Waals surface area (Å²) < 4.78 is 1.02. The molecule has 0 unspecified atom stereocenters. The zero-order valence-electron chi connectivity index (χ0n) is 16.0. The van der Waals surface area contributed by atoms with Crippen LogP contribution in [0.15, 0.2) is 53.3 Å². The van der Waals surface area contributed by atoms with E-state index in [4.69, 9.17) is 0 Å². The van der Waals surface area contributed by atoms with Crippen LogP contribution in [0.25, 0.3) is 10.8 Å². The molecule has 3 rings (SSSR count). The van der Waals surface area contributed by atoms with Crippen molar-refractivity contribution < 1.29 is 9.59 Å². The molecule has 2 N–H and O–H groups in total. The number of nitrogens with zero attached hydrogens (tertiary/aromatic N) is 2. The first-order valence-corrected chi connectivity index (χ1v) is 9.02. The Labute approximate surface area is 162 Å². The van der Waals surface area contributed by atoms with Gasteiger partial charge in [0, 0.05) is 18.1 Å². The summed E-state index contributed by atoms with van der Waals surface area (Å²) in [6.45, 7) is 3.89. The number of nitrogens with one attached hydrogen (secondary N) is 2. The highest BCUT2D eigenvalue weighted by Gasteiger charge is 2.17. The number of carbonyl (C=O) groups is 2. The molecule has 0 atom stereocenters. The van der Waals surface area contributed by atoms with Gasteiger partial charge in [0.05, 0.1) is 5.39 Å². The smallest absolute Gasteiger partial charge is 0.275 e. The minimum absolute atomic E-state index is 0.104. The third-order valence-electron chi connectivity index (χ3n) is 4.46. The van der Waals surface area contributed by atoms with Crippen molar-refractivity contribution >= 4 is 28.3 Å². The molecule has 0 aliphatic heterocycles. The Morgan fingerprint density at radius 3 is 2.29 bits per heavy atom. The molecule has 0 aliphatic carbocycles. The Bertz CT molecular complexity index is 1080. The molecule has 7 heteroatoms. The molecule has 1 heterocycles. The molecule has 0 radical (unpaired) electrons. The van der Waals surface area contributed by atoms with E-state index in [1.807, 2.05) is 24.3 Å². The standard InChI is InChI=1S/C21H22N4O3/c1-13(2)14-8-10-15(11-9-14)23-18(26)12-25-21(28)17-7-5-4-6-16(17)19(24-25)20(27)22-3/h4-11,13H,12H2,1-3H3,(H,22,27)(H,23,26). The fourth-order valence-electron chi connectivity index (χ4n) is 2.92. The normalized spacial score (nSPS) is 10.9. The van der Waals surface area contributed by atoms with E-state index >= 15 is 0 Å². The molecule has 2 amide bonds. The predicted octanol–water partition coefficient (Wildman–Crippen LogP) is 2.52. The van der Waals surface area contributed by atoms with Crippen LogP contribution in [-0.2, 0) is 11.3 Å². The molecule has 0 saturated carbocycles. The number of hydrogen-bond donors (Lipinski definition) is 2. The van der Waals surface area contributed by atoms with E-state index in [-0.39, 0.29) is 12.2 Å². The van der Waals surface area contributed by atoms with Crippen LogP contribution in [0.3, 0.4) is 0 Å². The molecular formula is C21H22N4O3. The van der Waals surface area contributed by atoms with Crippen molar-refractivity contribution in [1.82, 2.24) is 15.1 Å². The van der Waals surface area contributed by atoms with Crippen LogP contribution in [0.5, 0.6) is 0 Å². The fraction of sp³-hybridized carbons (Fsp3) is 0.238. The van der Waals surface area contributed by atoms with Gasteiger partial charge >= 0.3 is 0 Å². The first-order valence-electron chi connectivity index (χ1n) is 9.02. The van der Waals surface area contributed by atoms with Crippen molar-refractivity contribution in [3.05, 3.63) is 70.1 Å². The van der Waals surface area contributed by atoms with Gasteiger partial charge in [-0.15, -0.1) is 0 Å². The summed E-state index contributed by atoms with van der Waals surface area (Å²) in [4.78, 5) is 37.3. The van der Waals surface area contributed by atoms with Gasteiger partial charge in [-0.2, -0.15) is 5.10 Å². The number of rotatable bonds is 5. The van der Waals surface area contributed by atoms with Gasteiger partial charge in [-0.1, -0.05) is 44.2 Å². The molecule has 3 aromatic rings. The Morgan fingerprint density at radius 1 is 1.04 bits per heavy atom. The van der Waals surface area contributed by atoms with Crippen LogP contribution in [0, 0.1) is 0 Å².